The minimum absolute atomic E-state index is 0.0846. The summed E-state index contributed by atoms with van der Waals surface area (Å²) in [5.41, 5.74) is 1.95. The molecule has 8 heteroatoms. The maximum Gasteiger partial charge on any atom is 0.313 e. The molecule has 0 spiro atoms. The zero-order chi connectivity index (χ0) is 21.7. The summed E-state index contributed by atoms with van der Waals surface area (Å²) in [5, 5.41) is 4.83. The number of carbonyl (C=O) groups excluding carboxylic acids is 2. The highest BCUT2D eigenvalue weighted by Crippen LogP contribution is 2.22. The molecule has 0 radical (unpaired) electrons. The smallest absolute Gasteiger partial charge is 0.313 e. The van der Waals surface area contributed by atoms with Crippen LogP contribution in [0.4, 0.5) is 14.5 Å². The fraction of sp³-hybridized carbons (Fsp3) is 0.364. The van der Waals surface area contributed by atoms with Gasteiger partial charge in [0.1, 0.15) is 11.6 Å². The van der Waals surface area contributed by atoms with Crippen molar-refractivity contribution >= 4 is 17.5 Å². The Morgan fingerprint density at radius 2 is 1.67 bits per heavy atom. The summed E-state index contributed by atoms with van der Waals surface area (Å²) in [4.78, 5) is 29.0. The van der Waals surface area contributed by atoms with Crippen molar-refractivity contribution in [2.75, 3.05) is 45.1 Å². The van der Waals surface area contributed by atoms with Gasteiger partial charge in [-0.3, -0.25) is 14.5 Å². The Morgan fingerprint density at radius 1 is 1.00 bits per heavy atom. The van der Waals surface area contributed by atoms with Crippen LogP contribution in [0.2, 0.25) is 0 Å². The summed E-state index contributed by atoms with van der Waals surface area (Å²) in [6.07, 6.45) is 0. The van der Waals surface area contributed by atoms with Gasteiger partial charge < -0.3 is 15.5 Å². The lowest BCUT2D eigenvalue weighted by Gasteiger charge is -2.38. The maximum absolute atomic E-state index is 13.7. The van der Waals surface area contributed by atoms with Gasteiger partial charge in [-0.15, -0.1) is 0 Å². The molecule has 3 rings (SSSR count). The van der Waals surface area contributed by atoms with Gasteiger partial charge in [0.15, 0.2) is 0 Å². The van der Waals surface area contributed by atoms with E-state index in [0.29, 0.717) is 6.07 Å². The van der Waals surface area contributed by atoms with E-state index in [0.717, 1.165) is 49.4 Å². The molecule has 0 aromatic heterocycles. The predicted octanol–water partition coefficient (Wildman–Crippen LogP) is 2.32. The molecule has 0 saturated carbocycles. The van der Waals surface area contributed by atoms with Crippen molar-refractivity contribution in [3.63, 3.8) is 0 Å². The molecule has 2 aromatic carbocycles. The van der Waals surface area contributed by atoms with Crippen molar-refractivity contribution < 1.29 is 18.4 Å². The number of hydrogen-bond donors (Lipinski definition) is 2. The molecule has 1 aliphatic heterocycles. The van der Waals surface area contributed by atoms with E-state index < -0.39 is 23.4 Å². The standard InChI is InChI=1S/C22H26F2N4O2/c1-15-3-5-16(6-4-15)20(28-11-9-27(2)10-12-28)14-25-21(29)22(30)26-19-8-7-17(23)13-18(19)24/h3-8,13,20H,9-12,14H2,1-2H3,(H,25,29)(H,26,30)/t20-/m1/s1. The number of benzene rings is 2. The number of carbonyl (C=O) groups is 2. The molecule has 1 fully saturated rings. The summed E-state index contributed by atoms with van der Waals surface area (Å²) in [6, 6.07) is 10.7. The van der Waals surface area contributed by atoms with Gasteiger partial charge in [-0.2, -0.15) is 0 Å². The topological polar surface area (TPSA) is 64.7 Å². The minimum atomic E-state index is -0.999. The second-order valence-electron chi connectivity index (χ2n) is 7.55. The predicted molar refractivity (Wildman–Crippen MR) is 111 cm³/mol. The van der Waals surface area contributed by atoms with Crippen molar-refractivity contribution in [3.05, 3.63) is 65.2 Å². The fourth-order valence-corrected chi connectivity index (χ4v) is 3.42. The highest BCUT2D eigenvalue weighted by Gasteiger charge is 2.25. The van der Waals surface area contributed by atoms with E-state index in [2.05, 4.69) is 27.5 Å². The summed E-state index contributed by atoms with van der Waals surface area (Å²) in [6.45, 7) is 5.78. The molecule has 30 heavy (non-hydrogen) atoms. The molecule has 160 valence electrons. The highest BCUT2D eigenvalue weighted by atomic mass is 19.1. The van der Waals surface area contributed by atoms with Gasteiger partial charge in [-0.25, -0.2) is 8.78 Å². The summed E-state index contributed by atoms with van der Waals surface area (Å²) >= 11 is 0. The van der Waals surface area contributed by atoms with Crippen LogP contribution in [0.5, 0.6) is 0 Å². The maximum atomic E-state index is 13.7. The fourth-order valence-electron chi connectivity index (χ4n) is 3.42. The van der Waals surface area contributed by atoms with Gasteiger partial charge >= 0.3 is 11.8 Å². The molecule has 2 amide bonds. The molecular formula is C22H26F2N4O2. The first-order valence-electron chi connectivity index (χ1n) is 9.87. The molecular weight excluding hydrogens is 390 g/mol. The van der Waals surface area contributed by atoms with Crippen LogP contribution in [0, 0.1) is 18.6 Å². The quantitative estimate of drug-likeness (QED) is 0.735. The Balaban J connectivity index is 1.65. The third-order valence-corrected chi connectivity index (χ3v) is 5.28. The van der Waals surface area contributed by atoms with Crippen LogP contribution >= 0.6 is 0 Å². The minimum Gasteiger partial charge on any atom is -0.346 e. The van der Waals surface area contributed by atoms with Crippen molar-refractivity contribution in [3.8, 4) is 0 Å². The molecule has 0 unspecified atom stereocenters. The zero-order valence-electron chi connectivity index (χ0n) is 17.1. The third kappa shape index (κ3) is 5.61. The van der Waals surface area contributed by atoms with Gasteiger partial charge in [0, 0.05) is 38.8 Å². The number of amides is 2. The Hall–Kier alpha value is -2.84. The van der Waals surface area contributed by atoms with E-state index in [4.69, 9.17) is 0 Å². The van der Waals surface area contributed by atoms with E-state index in [-0.39, 0.29) is 18.3 Å². The molecule has 0 bridgehead atoms. The van der Waals surface area contributed by atoms with Gasteiger partial charge in [0.05, 0.1) is 11.7 Å². The summed E-state index contributed by atoms with van der Waals surface area (Å²) in [5.74, 6) is -3.57. The van der Waals surface area contributed by atoms with Crippen LogP contribution in [-0.2, 0) is 9.59 Å². The average Bonchev–Trinajstić information content (AvgIpc) is 2.72. The number of nitrogens with zero attached hydrogens (tertiary/aromatic N) is 2. The summed E-state index contributed by atoms with van der Waals surface area (Å²) < 4.78 is 26.7. The Kier molecular flexibility index (Phi) is 7.12. The molecule has 2 aromatic rings. The number of likely N-dealkylation sites (N-methyl/N-ethyl adjacent to an activating group) is 1. The Morgan fingerprint density at radius 3 is 2.30 bits per heavy atom. The van der Waals surface area contributed by atoms with E-state index in [9.17, 15) is 18.4 Å². The van der Waals surface area contributed by atoms with Crippen LogP contribution in [0.25, 0.3) is 0 Å². The van der Waals surface area contributed by atoms with Gasteiger partial charge in [0.2, 0.25) is 0 Å². The first kappa shape index (κ1) is 21.9. The number of aryl methyl sites for hydroxylation is 1. The van der Waals surface area contributed by atoms with Gasteiger partial charge in [-0.05, 0) is 31.7 Å². The first-order valence-corrected chi connectivity index (χ1v) is 9.87. The van der Waals surface area contributed by atoms with Crippen LogP contribution in [0.15, 0.2) is 42.5 Å². The van der Waals surface area contributed by atoms with Gasteiger partial charge in [-0.1, -0.05) is 29.8 Å². The molecule has 1 atom stereocenters. The second kappa shape index (κ2) is 9.77. The van der Waals surface area contributed by atoms with Crippen molar-refractivity contribution in [1.29, 1.82) is 0 Å². The normalized spacial score (nSPS) is 16.1. The molecule has 6 nitrogen and oxygen atoms in total. The monoisotopic (exact) mass is 416 g/mol. The molecule has 1 saturated heterocycles. The number of halogens is 2. The van der Waals surface area contributed by atoms with Crippen LogP contribution in [0.1, 0.15) is 17.2 Å². The van der Waals surface area contributed by atoms with Crippen LogP contribution in [0.3, 0.4) is 0 Å². The average molecular weight is 416 g/mol. The first-order chi connectivity index (χ1) is 14.3. The Labute approximate surface area is 174 Å². The Bertz CT molecular complexity index is 897. The van der Waals surface area contributed by atoms with Crippen molar-refractivity contribution in [2.24, 2.45) is 0 Å². The highest BCUT2D eigenvalue weighted by molar-refractivity contribution is 6.39. The number of rotatable bonds is 5. The van der Waals surface area contributed by atoms with E-state index in [1.54, 1.807) is 0 Å². The lowest BCUT2D eigenvalue weighted by molar-refractivity contribution is -0.136. The van der Waals surface area contributed by atoms with Gasteiger partial charge in [0.25, 0.3) is 0 Å². The molecule has 1 aliphatic rings. The largest absolute Gasteiger partial charge is 0.346 e. The second-order valence-corrected chi connectivity index (χ2v) is 7.55. The van der Waals surface area contributed by atoms with Crippen LogP contribution < -0.4 is 10.6 Å². The lowest BCUT2D eigenvalue weighted by atomic mass is 10.0. The van der Waals surface area contributed by atoms with Crippen molar-refractivity contribution in [1.82, 2.24) is 15.1 Å². The molecule has 2 N–H and O–H groups in total. The number of hydrogen-bond acceptors (Lipinski definition) is 4. The zero-order valence-corrected chi connectivity index (χ0v) is 17.1. The molecule has 1 heterocycles. The van der Waals surface area contributed by atoms with Crippen molar-refractivity contribution in [2.45, 2.75) is 13.0 Å². The van der Waals surface area contributed by atoms with Crippen LogP contribution in [-0.4, -0.2) is 61.4 Å². The SMILES string of the molecule is Cc1ccc([C@@H](CNC(=O)C(=O)Nc2ccc(F)cc2F)N2CCN(C)CC2)cc1. The number of nitrogens with one attached hydrogen (secondary N) is 2. The number of piperazine rings is 1. The number of anilines is 1. The molecule has 0 aliphatic carbocycles. The van der Waals surface area contributed by atoms with E-state index >= 15 is 0 Å². The van der Waals surface area contributed by atoms with E-state index in [1.165, 1.54) is 0 Å². The van der Waals surface area contributed by atoms with E-state index in [1.807, 2.05) is 31.2 Å². The third-order valence-electron chi connectivity index (χ3n) is 5.28. The lowest BCUT2D eigenvalue weighted by Crippen LogP contribution is -2.49. The summed E-state index contributed by atoms with van der Waals surface area (Å²) in [7, 11) is 2.07.